The van der Waals surface area contributed by atoms with E-state index in [9.17, 15) is 14.0 Å². The van der Waals surface area contributed by atoms with Gasteiger partial charge in [0.15, 0.2) is 0 Å². The van der Waals surface area contributed by atoms with Gasteiger partial charge in [-0.1, -0.05) is 48.5 Å². The lowest BCUT2D eigenvalue weighted by molar-refractivity contribution is 0.0696. The molecule has 5 nitrogen and oxygen atoms in total. The van der Waals surface area contributed by atoms with Gasteiger partial charge in [0.05, 0.1) is 11.3 Å². The molecule has 0 atom stereocenters. The summed E-state index contributed by atoms with van der Waals surface area (Å²) in [5.41, 5.74) is 4.35. The maximum absolute atomic E-state index is 14.0. The van der Waals surface area contributed by atoms with Crippen molar-refractivity contribution in [3.05, 3.63) is 88.7 Å². The second-order valence-electron chi connectivity index (χ2n) is 6.89. The monoisotopic (exact) mass is 391 g/mol. The molecule has 0 heterocycles. The van der Waals surface area contributed by atoms with Gasteiger partial charge >= 0.3 is 12.1 Å². The minimum Gasteiger partial charge on any atom is -0.478 e. The van der Waals surface area contributed by atoms with Gasteiger partial charge in [0, 0.05) is 11.5 Å². The first-order valence-electron chi connectivity index (χ1n) is 9.11. The fourth-order valence-corrected chi connectivity index (χ4v) is 3.68. The van der Waals surface area contributed by atoms with Crippen molar-refractivity contribution in [1.29, 1.82) is 0 Å². The van der Waals surface area contributed by atoms with Gasteiger partial charge < -0.3 is 9.84 Å². The number of halogens is 1. The molecular formula is C23H18FNO4. The van der Waals surface area contributed by atoms with Gasteiger partial charge in [0.1, 0.15) is 12.4 Å². The van der Waals surface area contributed by atoms with Crippen LogP contribution in [0.3, 0.4) is 0 Å². The number of carboxylic acid groups (broad SMARTS) is 1. The van der Waals surface area contributed by atoms with Crippen LogP contribution in [0.4, 0.5) is 14.9 Å². The third-order valence-electron chi connectivity index (χ3n) is 5.17. The summed E-state index contributed by atoms with van der Waals surface area (Å²) in [6, 6.07) is 18.1. The Bertz CT molecular complexity index is 1080. The number of carboxylic acids is 1. The first kappa shape index (κ1) is 18.7. The number of fused-ring (bicyclic) bond motifs is 3. The SMILES string of the molecule is Cc1c(F)cc(C(=O)O)cc1NC(=O)OCC1c2ccccc2-c2ccccc21. The second kappa shape index (κ2) is 7.39. The Morgan fingerprint density at radius 2 is 1.62 bits per heavy atom. The summed E-state index contributed by atoms with van der Waals surface area (Å²) in [4.78, 5) is 23.5. The van der Waals surface area contributed by atoms with Crippen LogP contribution in [0.25, 0.3) is 11.1 Å². The Morgan fingerprint density at radius 3 is 2.21 bits per heavy atom. The lowest BCUT2D eigenvalue weighted by Crippen LogP contribution is -2.19. The number of anilines is 1. The Kier molecular flexibility index (Phi) is 4.76. The van der Waals surface area contributed by atoms with Crippen LogP contribution in [0.5, 0.6) is 0 Å². The minimum absolute atomic E-state index is 0.0691. The zero-order valence-electron chi connectivity index (χ0n) is 15.6. The molecule has 0 unspecified atom stereocenters. The standard InChI is InChI=1S/C23H18FNO4/c1-13-20(24)10-14(22(26)27)11-21(13)25-23(28)29-12-19-17-8-4-2-6-15(17)16-7-3-5-9-18(16)19/h2-11,19H,12H2,1H3,(H,25,28)(H,26,27). The maximum Gasteiger partial charge on any atom is 0.411 e. The fourth-order valence-electron chi connectivity index (χ4n) is 3.68. The molecule has 1 aliphatic carbocycles. The summed E-state index contributed by atoms with van der Waals surface area (Å²) in [5.74, 6) is -2.09. The molecule has 0 fully saturated rings. The fraction of sp³-hybridized carbons (Fsp3) is 0.130. The first-order valence-corrected chi connectivity index (χ1v) is 9.11. The predicted octanol–water partition coefficient (Wildman–Crippen LogP) is 5.19. The normalized spacial score (nSPS) is 12.2. The first-order chi connectivity index (χ1) is 14.0. The number of hydrogen-bond acceptors (Lipinski definition) is 3. The third kappa shape index (κ3) is 3.45. The molecule has 4 rings (SSSR count). The van der Waals surface area contributed by atoms with Crippen LogP contribution in [-0.2, 0) is 4.74 Å². The largest absolute Gasteiger partial charge is 0.478 e. The topological polar surface area (TPSA) is 75.6 Å². The van der Waals surface area contributed by atoms with Gasteiger partial charge in [0.2, 0.25) is 0 Å². The summed E-state index contributed by atoms with van der Waals surface area (Å²) >= 11 is 0. The van der Waals surface area contributed by atoms with Crippen LogP contribution >= 0.6 is 0 Å². The van der Waals surface area contributed by atoms with Crippen LogP contribution in [-0.4, -0.2) is 23.8 Å². The van der Waals surface area contributed by atoms with Gasteiger partial charge in [-0.05, 0) is 41.3 Å². The van der Waals surface area contributed by atoms with E-state index in [-0.39, 0.29) is 29.3 Å². The molecule has 0 spiro atoms. The van der Waals surface area contributed by atoms with Crippen molar-refractivity contribution in [2.75, 3.05) is 11.9 Å². The van der Waals surface area contributed by atoms with E-state index in [1.54, 1.807) is 0 Å². The lowest BCUT2D eigenvalue weighted by atomic mass is 9.98. The van der Waals surface area contributed by atoms with E-state index in [2.05, 4.69) is 5.32 Å². The highest BCUT2D eigenvalue weighted by atomic mass is 19.1. The molecule has 29 heavy (non-hydrogen) atoms. The molecule has 3 aromatic rings. The molecule has 0 saturated carbocycles. The molecular weight excluding hydrogens is 373 g/mol. The molecule has 0 saturated heterocycles. The lowest BCUT2D eigenvalue weighted by Gasteiger charge is -2.15. The van der Waals surface area contributed by atoms with Gasteiger partial charge in [0.25, 0.3) is 0 Å². The van der Waals surface area contributed by atoms with Crippen molar-refractivity contribution < 1.29 is 23.8 Å². The highest BCUT2D eigenvalue weighted by Crippen LogP contribution is 2.44. The van der Waals surface area contributed by atoms with Crippen molar-refractivity contribution >= 4 is 17.7 Å². The van der Waals surface area contributed by atoms with Crippen LogP contribution in [0.15, 0.2) is 60.7 Å². The molecule has 0 radical (unpaired) electrons. The molecule has 3 aromatic carbocycles. The van der Waals surface area contributed by atoms with Crippen LogP contribution in [0.1, 0.15) is 33.0 Å². The molecule has 6 heteroatoms. The van der Waals surface area contributed by atoms with Gasteiger partial charge in [-0.25, -0.2) is 14.0 Å². The number of benzene rings is 3. The summed E-state index contributed by atoms with van der Waals surface area (Å²) in [7, 11) is 0. The number of nitrogens with one attached hydrogen (secondary N) is 1. The van der Waals surface area contributed by atoms with E-state index in [0.717, 1.165) is 28.3 Å². The van der Waals surface area contributed by atoms with Gasteiger partial charge in [-0.3, -0.25) is 5.32 Å². The molecule has 2 N–H and O–H groups in total. The van der Waals surface area contributed by atoms with Gasteiger partial charge in [-0.15, -0.1) is 0 Å². The molecule has 1 amide bonds. The molecule has 0 bridgehead atoms. The van der Waals surface area contributed by atoms with Crippen LogP contribution in [0, 0.1) is 12.7 Å². The van der Waals surface area contributed by atoms with E-state index in [4.69, 9.17) is 9.84 Å². The Labute approximate surface area is 166 Å². The van der Waals surface area contributed by atoms with Crippen LogP contribution < -0.4 is 5.32 Å². The maximum atomic E-state index is 14.0. The molecule has 146 valence electrons. The highest BCUT2D eigenvalue weighted by Gasteiger charge is 2.29. The van der Waals surface area contributed by atoms with E-state index >= 15 is 0 Å². The van der Waals surface area contributed by atoms with Crippen molar-refractivity contribution in [3.8, 4) is 11.1 Å². The Hall–Kier alpha value is -3.67. The summed E-state index contributed by atoms with van der Waals surface area (Å²) in [6.45, 7) is 1.57. The molecule has 0 aliphatic heterocycles. The Morgan fingerprint density at radius 1 is 1.03 bits per heavy atom. The number of hydrogen-bond donors (Lipinski definition) is 2. The highest BCUT2D eigenvalue weighted by molar-refractivity contribution is 5.92. The van der Waals surface area contributed by atoms with Crippen molar-refractivity contribution in [2.45, 2.75) is 12.8 Å². The number of rotatable bonds is 4. The quantitative estimate of drug-likeness (QED) is 0.641. The second-order valence-corrected chi connectivity index (χ2v) is 6.89. The van der Waals surface area contributed by atoms with E-state index in [1.807, 2.05) is 48.5 Å². The number of carbonyl (C=O) groups excluding carboxylic acids is 1. The van der Waals surface area contributed by atoms with E-state index < -0.39 is 17.9 Å². The zero-order chi connectivity index (χ0) is 20.5. The number of aromatic carboxylic acids is 1. The third-order valence-corrected chi connectivity index (χ3v) is 5.17. The van der Waals surface area contributed by atoms with E-state index in [1.165, 1.54) is 13.0 Å². The summed E-state index contributed by atoms with van der Waals surface area (Å²) in [5, 5.41) is 11.5. The van der Waals surface area contributed by atoms with Gasteiger partial charge in [-0.2, -0.15) is 0 Å². The smallest absolute Gasteiger partial charge is 0.411 e. The summed E-state index contributed by atoms with van der Waals surface area (Å²) < 4.78 is 19.4. The van der Waals surface area contributed by atoms with Crippen molar-refractivity contribution in [1.82, 2.24) is 0 Å². The Balaban J connectivity index is 1.52. The number of ether oxygens (including phenoxy) is 1. The number of carbonyl (C=O) groups is 2. The van der Waals surface area contributed by atoms with Crippen molar-refractivity contribution in [2.24, 2.45) is 0 Å². The zero-order valence-corrected chi connectivity index (χ0v) is 15.6. The average Bonchev–Trinajstić information content (AvgIpc) is 3.03. The number of amides is 1. The predicted molar refractivity (Wildman–Crippen MR) is 107 cm³/mol. The van der Waals surface area contributed by atoms with E-state index in [0.29, 0.717) is 0 Å². The van der Waals surface area contributed by atoms with Crippen molar-refractivity contribution in [3.63, 3.8) is 0 Å². The average molecular weight is 391 g/mol. The molecule has 0 aromatic heterocycles. The molecule has 1 aliphatic rings. The summed E-state index contributed by atoms with van der Waals surface area (Å²) in [6.07, 6.45) is -0.767. The minimum atomic E-state index is -1.28. The van der Waals surface area contributed by atoms with Crippen LogP contribution in [0.2, 0.25) is 0 Å².